The molecule has 1 amide bonds. The Morgan fingerprint density at radius 1 is 1.45 bits per heavy atom. The molecule has 1 heterocycles. The van der Waals surface area contributed by atoms with E-state index in [4.69, 9.17) is 4.74 Å². The third kappa shape index (κ3) is 3.12. The number of aliphatic hydroxyl groups excluding tert-OH is 1. The highest BCUT2D eigenvalue weighted by Gasteiger charge is 2.29. The molecule has 0 saturated heterocycles. The zero-order chi connectivity index (χ0) is 14.9. The predicted octanol–water partition coefficient (Wildman–Crippen LogP) is 3.08. The number of aliphatic hydroxyl groups is 1. The first kappa shape index (κ1) is 14.9. The van der Waals surface area contributed by atoms with Crippen molar-refractivity contribution in [2.24, 2.45) is 0 Å². The molecule has 2 rings (SSSR count). The summed E-state index contributed by atoms with van der Waals surface area (Å²) >= 11 is 0. The van der Waals surface area contributed by atoms with E-state index in [0.29, 0.717) is 6.54 Å². The van der Waals surface area contributed by atoms with E-state index < -0.39 is 5.60 Å². The maximum Gasteiger partial charge on any atom is 0.414 e. The summed E-state index contributed by atoms with van der Waals surface area (Å²) < 4.78 is 5.42. The zero-order valence-corrected chi connectivity index (χ0v) is 12.6. The minimum Gasteiger partial charge on any atom is -0.443 e. The first-order valence-corrected chi connectivity index (χ1v) is 7.06. The molecule has 4 nitrogen and oxygen atoms in total. The Hall–Kier alpha value is -1.55. The molecule has 110 valence electrons. The molecule has 0 saturated carbocycles. The lowest BCUT2D eigenvalue weighted by atomic mass is 9.99. The molecule has 1 unspecified atom stereocenters. The Morgan fingerprint density at radius 2 is 2.15 bits per heavy atom. The molecule has 0 bridgehead atoms. The van der Waals surface area contributed by atoms with Crippen molar-refractivity contribution in [2.45, 2.75) is 45.6 Å². The van der Waals surface area contributed by atoms with Crippen LogP contribution < -0.4 is 4.90 Å². The van der Waals surface area contributed by atoms with Gasteiger partial charge in [-0.05, 0) is 44.4 Å². The Kier molecular flexibility index (Phi) is 4.04. The van der Waals surface area contributed by atoms with Gasteiger partial charge in [0.15, 0.2) is 0 Å². The first-order chi connectivity index (χ1) is 9.31. The van der Waals surface area contributed by atoms with Gasteiger partial charge in [-0.25, -0.2) is 4.79 Å². The molecule has 1 atom stereocenters. The Balaban J connectivity index is 2.19. The number of ether oxygens (including phenoxy) is 1. The molecule has 1 aliphatic rings. The fourth-order valence-electron chi connectivity index (χ4n) is 2.34. The van der Waals surface area contributed by atoms with Crippen LogP contribution in [0.3, 0.4) is 0 Å². The Bertz CT molecular complexity index is 505. The number of hydrogen-bond donors (Lipinski definition) is 1. The van der Waals surface area contributed by atoms with E-state index in [2.05, 4.69) is 6.07 Å². The maximum atomic E-state index is 12.2. The summed E-state index contributed by atoms with van der Waals surface area (Å²) in [7, 11) is 0. The summed E-state index contributed by atoms with van der Waals surface area (Å²) in [5.41, 5.74) is 2.70. The van der Waals surface area contributed by atoms with Crippen molar-refractivity contribution in [1.82, 2.24) is 0 Å². The summed E-state index contributed by atoms with van der Waals surface area (Å²) in [6.45, 7) is 8.38. The van der Waals surface area contributed by atoms with Gasteiger partial charge in [0.05, 0.1) is 5.69 Å². The van der Waals surface area contributed by atoms with Crippen molar-refractivity contribution in [3.05, 3.63) is 29.3 Å². The molecule has 0 spiro atoms. The van der Waals surface area contributed by atoms with Crippen LogP contribution in [0.2, 0.25) is 0 Å². The molecule has 0 radical (unpaired) electrons. The molecule has 1 aromatic carbocycles. The summed E-state index contributed by atoms with van der Waals surface area (Å²) in [6.07, 6.45) is 0.541. The van der Waals surface area contributed by atoms with Crippen LogP contribution in [-0.4, -0.2) is 30.0 Å². The van der Waals surface area contributed by atoms with Crippen LogP contribution in [0.15, 0.2) is 18.2 Å². The second-order valence-electron chi connectivity index (χ2n) is 6.35. The van der Waals surface area contributed by atoms with E-state index in [1.165, 1.54) is 0 Å². The van der Waals surface area contributed by atoms with Gasteiger partial charge in [0.1, 0.15) is 5.60 Å². The number of carbonyl (C=O) groups excluding carboxylic acids is 1. The SMILES string of the molecule is CC(CO)c1ccc2c(c1)CCN2C(=O)OC(C)(C)C. The average Bonchev–Trinajstić information content (AvgIpc) is 2.78. The van der Waals surface area contributed by atoms with Crippen molar-refractivity contribution in [3.63, 3.8) is 0 Å². The lowest BCUT2D eigenvalue weighted by Gasteiger charge is -2.25. The fourth-order valence-corrected chi connectivity index (χ4v) is 2.34. The number of amides is 1. The minimum absolute atomic E-state index is 0.121. The summed E-state index contributed by atoms with van der Waals surface area (Å²) in [4.78, 5) is 13.9. The van der Waals surface area contributed by atoms with Gasteiger partial charge in [-0.2, -0.15) is 0 Å². The third-order valence-electron chi connectivity index (χ3n) is 3.46. The number of anilines is 1. The topological polar surface area (TPSA) is 49.8 Å². The van der Waals surface area contributed by atoms with E-state index in [0.717, 1.165) is 23.2 Å². The van der Waals surface area contributed by atoms with Crippen molar-refractivity contribution < 1.29 is 14.6 Å². The van der Waals surface area contributed by atoms with E-state index in [-0.39, 0.29) is 18.6 Å². The van der Waals surface area contributed by atoms with Crippen LogP contribution in [0.5, 0.6) is 0 Å². The van der Waals surface area contributed by atoms with Gasteiger partial charge in [0, 0.05) is 19.1 Å². The minimum atomic E-state index is -0.481. The van der Waals surface area contributed by atoms with Crippen LogP contribution in [-0.2, 0) is 11.2 Å². The molecule has 0 fully saturated rings. The smallest absolute Gasteiger partial charge is 0.414 e. The second-order valence-corrected chi connectivity index (χ2v) is 6.35. The van der Waals surface area contributed by atoms with Gasteiger partial charge in [0.2, 0.25) is 0 Å². The van der Waals surface area contributed by atoms with E-state index in [9.17, 15) is 9.90 Å². The van der Waals surface area contributed by atoms with Gasteiger partial charge >= 0.3 is 6.09 Å². The van der Waals surface area contributed by atoms with E-state index in [1.807, 2.05) is 39.8 Å². The summed E-state index contributed by atoms with van der Waals surface area (Å²) in [5.74, 6) is 0.121. The highest BCUT2D eigenvalue weighted by Crippen LogP contribution is 2.32. The van der Waals surface area contributed by atoms with Crippen molar-refractivity contribution in [3.8, 4) is 0 Å². The molecule has 1 aromatic rings. The maximum absolute atomic E-state index is 12.2. The van der Waals surface area contributed by atoms with Gasteiger partial charge in [-0.1, -0.05) is 19.1 Å². The van der Waals surface area contributed by atoms with Crippen LogP contribution in [0.1, 0.15) is 44.7 Å². The number of hydrogen-bond acceptors (Lipinski definition) is 3. The largest absolute Gasteiger partial charge is 0.443 e. The summed E-state index contributed by atoms with van der Waals surface area (Å²) in [6, 6.07) is 6.01. The zero-order valence-electron chi connectivity index (χ0n) is 12.6. The quantitative estimate of drug-likeness (QED) is 0.903. The highest BCUT2D eigenvalue weighted by atomic mass is 16.6. The van der Waals surface area contributed by atoms with Crippen molar-refractivity contribution in [1.29, 1.82) is 0 Å². The summed E-state index contributed by atoms with van der Waals surface area (Å²) in [5, 5.41) is 9.22. The van der Waals surface area contributed by atoms with Crippen molar-refractivity contribution in [2.75, 3.05) is 18.1 Å². The molecule has 1 N–H and O–H groups in total. The van der Waals surface area contributed by atoms with Crippen molar-refractivity contribution >= 4 is 11.8 Å². The number of fused-ring (bicyclic) bond motifs is 1. The third-order valence-corrected chi connectivity index (χ3v) is 3.46. The molecule has 20 heavy (non-hydrogen) atoms. The highest BCUT2D eigenvalue weighted by molar-refractivity contribution is 5.90. The normalized spacial score (nSPS) is 15.9. The Morgan fingerprint density at radius 3 is 2.75 bits per heavy atom. The standard InChI is InChI=1S/C16H23NO3/c1-11(10-18)12-5-6-14-13(9-12)7-8-17(14)15(19)20-16(2,3)4/h5-6,9,11,18H,7-8,10H2,1-4H3. The first-order valence-electron chi connectivity index (χ1n) is 7.06. The second kappa shape index (κ2) is 5.44. The molecule has 1 aliphatic heterocycles. The van der Waals surface area contributed by atoms with E-state index >= 15 is 0 Å². The lowest BCUT2D eigenvalue weighted by molar-refractivity contribution is 0.0584. The number of benzene rings is 1. The van der Waals surface area contributed by atoms with Gasteiger partial charge in [-0.15, -0.1) is 0 Å². The van der Waals surface area contributed by atoms with E-state index in [1.54, 1.807) is 4.90 Å². The molecular formula is C16H23NO3. The molecule has 0 aliphatic carbocycles. The molecule has 4 heteroatoms. The fraction of sp³-hybridized carbons (Fsp3) is 0.562. The van der Waals surface area contributed by atoms with Crippen LogP contribution >= 0.6 is 0 Å². The van der Waals surface area contributed by atoms with Crippen LogP contribution in [0.4, 0.5) is 10.5 Å². The lowest BCUT2D eigenvalue weighted by Crippen LogP contribution is -2.35. The van der Waals surface area contributed by atoms with Gasteiger partial charge in [-0.3, -0.25) is 4.90 Å². The van der Waals surface area contributed by atoms with Crippen LogP contribution in [0.25, 0.3) is 0 Å². The number of carbonyl (C=O) groups is 1. The number of rotatable bonds is 2. The van der Waals surface area contributed by atoms with Crippen LogP contribution in [0, 0.1) is 0 Å². The van der Waals surface area contributed by atoms with Gasteiger partial charge < -0.3 is 9.84 Å². The monoisotopic (exact) mass is 277 g/mol. The predicted molar refractivity (Wildman–Crippen MR) is 79.2 cm³/mol. The number of nitrogens with zero attached hydrogens (tertiary/aromatic N) is 1. The average molecular weight is 277 g/mol. The molecular weight excluding hydrogens is 254 g/mol. The molecule has 0 aromatic heterocycles. The van der Waals surface area contributed by atoms with Gasteiger partial charge in [0.25, 0.3) is 0 Å². The Labute approximate surface area is 120 Å².